The van der Waals surface area contributed by atoms with Crippen LogP contribution in [0.4, 0.5) is 16.2 Å². The van der Waals surface area contributed by atoms with Crippen molar-refractivity contribution in [1.82, 2.24) is 15.1 Å². The first kappa shape index (κ1) is 12.6. The molecule has 0 radical (unpaired) electrons. The van der Waals surface area contributed by atoms with Gasteiger partial charge in [-0.1, -0.05) is 0 Å². The number of hydrogen-bond acceptors (Lipinski definition) is 4. The number of benzene rings is 1. The molecule has 2 fully saturated rings. The minimum Gasteiger partial charge on any atom is -0.399 e. The van der Waals surface area contributed by atoms with Crippen LogP contribution in [0.15, 0.2) is 18.2 Å². The van der Waals surface area contributed by atoms with E-state index >= 15 is 0 Å². The van der Waals surface area contributed by atoms with Crippen LogP contribution in [-0.2, 0) is 0 Å². The normalized spacial score (nSPS) is 21.6. The summed E-state index contributed by atoms with van der Waals surface area (Å²) in [5, 5.41) is 2.79. The summed E-state index contributed by atoms with van der Waals surface area (Å²) in [6.45, 7) is 2.20. The Morgan fingerprint density at radius 3 is 2.60 bits per heavy atom. The molecule has 1 aromatic carbocycles. The molecule has 20 heavy (non-hydrogen) atoms. The van der Waals surface area contributed by atoms with Gasteiger partial charge in [-0.25, -0.2) is 4.79 Å². The zero-order valence-corrected chi connectivity index (χ0v) is 11.0. The van der Waals surface area contributed by atoms with Gasteiger partial charge in [-0.3, -0.25) is 4.79 Å². The SMILES string of the molecule is Nc1cc(N)cc(C(=O)N2CCN3C(=O)NCC3C2)c1. The molecule has 2 saturated heterocycles. The molecule has 0 aliphatic carbocycles. The van der Waals surface area contributed by atoms with Crippen LogP contribution in [0.1, 0.15) is 10.4 Å². The maximum absolute atomic E-state index is 12.5. The van der Waals surface area contributed by atoms with Crippen LogP contribution in [0.5, 0.6) is 0 Å². The van der Waals surface area contributed by atoms with E-state index in [0.29, 0.717) is 43.1 Å². The Labute approximate surface area is 116 Å². The summed E-state index contributed by atoms with van der Waals surface area (Å²) < 4.78 is 0. The van der Waals surface area contributed by atoms with Gasteiger partial charge in [0.25, 0.3) is 5.91 Å². The first-order valence-electron chi connectivity index (χ1n) is 6.54. The van der Waals surface area contributed by atoms with Gasteiger partial charge >= 0.3 is 6.03 Å². The average Bonchev–Trinajstić information content (AvgIpc) is 2.78. The zero-order chi connectivity index (χ0) is 14.3. The van der Waals surface area contributed by atoms with E-state index in [1.807, 2.05) is 0 Å². The van der Waals surface area contributed by atoms with Crippen molar-refractivity contribution < 1.29 is 9.59 Å². The lowest BCUT2D eigenvalue weighted by Gasteiger charge is -2.36. The highest BCUT2D eigenvalue weighted by molar-refractivity contribution is 5.96. The number of amides is 3. The smallest absolute Gasteiger partial charge is 0.317 e. The molecule has 7 nitrogen and oxygen atoms in total. The summed E-state index contributed by atoms with van der Waals surface area (Å²) in [7, 11) is 0. The molecule has 1 unspecified atom stereocenters. The number of rotatable bonds is 1. The molecule has 3 amide bonds. The molecule has 1 aromatic rings. The number of nitrogens with zero attached hydrogens (tertiary/aromatic N) is 2. The Bertz CT molecular complexity index is 554. The summed E-state index contributed by atoms with van der Waals surface area (Å²) in [6.07, 6.45) is 0. The van der Waals surface area contributed by atoms with Gasteiger partial charge in [0.05, 0.1) is 6.04 Å². The van der Waals surface area contributed by atoms with Gasteiger partial charge in [-0.05, 0) is 18.2 Å². The van der Waals surface area contributed by atoms with Gasteiger partial charge in [-0.2, -0.15) is 0 Å². The number of piperazine rings is 1. The Balaban J connectivity index is 1.76. The zero-order valence-electron chi connectivity index (χ0n) is 11.0. The Kier molecular flexibility index (Phi) is 2.89. The standard InChI is InChI=1S/C13H17N5O2/c14-9-3-8(4-10(15)5-9)12(19)17-1-2-18-11(7-17)6-16-13(18)20/h3-5,11H,1-2,6-7,14-15H2,(H,16,20). The van der Waals surface area contributed by atoms with E-state index in [4.69, 9.17) is 11.5 Å². The van der Waals surface area contributed by atoms with Crippen molar-refractivity contribution in [2.24, 2.45) is 0 Å². The number of anilines is 2. The van der Waals surface area contributed by atoms with Crippen LogP contribution in [-0.4, -0.2) is 54.0 Å². The van der Waals surface area contributed by atoms with Gasteiger partial charge < -0.3 is 26.6 Å². The predicted molar refractivity (Wildman–Crippen MR) is 75.1 cm³/mol. The third-order valence-electron chi connectivity index (χ3n) is 3.74. The summed E-state index contributed by atoms with van der Waals surface area (Å²) in [5.41, 5.74) is 12.9. The molecule has 5 N–H and O–H groups in total. The third kappa shape index (κ3) is 2.11. The van der Waals surface area contributed by atoms with Gasteiger partial charge in [-0.15, -0.1) is 0 Å². The van der Waals surface area contributed by atoms with Crippen molar-refractivity contribution in [3.05, 3.63) is 23.8 Å². The van der Waals surface area contributed by atoms with Crippen LogP contribution in [0.2, 0.25) is 0 Å². The molecule has 7 heteroatoms. The van der Waals surface area contributed by atoms with E-state index < -0.39 is 0 Å². The fraction of sp³-hybridized carbons (Fsp3) is 0.385. The van der Waals surface area contributed by atoms with Gasteiger partial charge in [0.2, 0.25) is 0 Å². The lowest BCUT2D eigenvalue weighted by Crippen LogP contribution is -2.53. The molecule has 2 heterocycles. The van der Waals surface area contributed by atoms with Gasteiger partial charge in [0, 0.05) is 43.1 Å². The molecule has 0 bridgehead atoms. The van der Waals surface area contributed by atoms with Crippen LogP contribution in [0.25, 0.3) is 0 Å². The molecule has 2 aliphatic heterocycles. The number of fused-ring (bicyclic) bond motifs is 1. The maximum atomic E-state index is 12.5. The number of hydrogen-bond donors (Lipinski definition) is 3. The molecular weight excluding hydrogens is 258 g/mol. The molecule has 0 aromatic heterocycles. The number of nitrogen functional groups attached to an aromatic ring is 2. The Morgan fingerprint density at radius 1 is 1.20 bits per heavy atom. The van der Waals surface area contributed by atoms with Crippen molar-refractivity contribution in [3.8, 4) is 0 Å². The number of nitrogens with two attached hydrogens (primary N) is 2. The predicted octanol–water partition coefficient (Wildman–Crippen LogP) is -0.299. The number of carbonyl (C=O) groups is 2. The van der Waals surface area contributed by atoms with Gasteiger partial charge in [0.15, 0.2) is 0 Å². The maximum Gasteiger partial charge on any atom is 0.317 e. The summed E-state index contributed by atoms with van der Waals surface area (Å²) in [4.78, 5) is 27.5. The number of urea groups is 1. The molecule has 106 valence electrons. The molecular formula is C13H17N5O2. The lowest BCUT2D eigenvalue weighted by molar-refractivity contribution is 0.0617. The van der Waals surface area contributed by atoms with E-state index in [1.54, 1.807) is 28.0 Å². The van der Waals surface area contributed by atoms with E-state index in [9.17, 15) is 9.59 Å². The largest absolute Gasteiger partial charge is 0.399 e. The fourth-order valence-electron chi connectivity index (χ4n) is 2.77. The second-order valence-corrected chi connectivity index (χ2v) is 5.17. The van der Waals surface area contributed by atoms with Crippen molar-refractivity contribution in [3.63, 3.8) is 0 Å². The summed E-state index contributed by atoms with van der Waals surface area (Å²) >= 11 is 0. The average molecular weight is 275 g/mol. The molecule has 2 aliphatic rings. The minimum absolute atomic E-state index is 0.0460. The van der Waals surface area contributed by atoms with Crippen LogP contribution >= 0.6 is 0 Å². The third-order valence-corrected chi connectivity index (χ3v) is 3.74. The second-order valence-electron chi connectivity index (χ2n) is 5.17. The van der Waals surface area contributed by atoms with E-state index in [1.165, 1.54) is 0 Å². The van der Waals surface area contributed by atoms with Crippen molar-refractivity contribution in [1.29, 1.82) is 0 Å². The monoisotopic (exact) mass is 275 g/mol. The van der Waals surface area contributed by atoms with Crippen LogP contribution in [0, 0.1) is 0 Å². The highest BCUT2D eigenvalue weighted by Crippen LogP contribution is 2.19. The van der Waals surface area contributed by atoms with Crippen molar-refractivity contribution in [2.75, 3.05) is 37.6 Å². The first-order chi connectivity index (χ1) is 9.54. The lowest BCUT2D eigenvalue weighted by atomic mass is 10.1. The van der Waals surface area contributed by atoms with Crippen molar-refractivity contribution >= 4 is 23.3 Å². The Hall–Kier alpha value is -2.44. The highest BCUT2D eigenvalue weighted by atomic mass is 16.2. The van der Waals surface area contributed by atoms with E-state index in [-0.39, 0.29) is 18.0 Å². The van der Waals surface area contributed by atoms with E-state index in [0.717, 1.165) is 0 Å². The highest BCUT2D eigenvalue weighted by Gasteiger charge is 2.37. The Morgan fingerprint density at radius 2 is 1.90 bits per heavy atom. The summed E-state index contributed by atoms with van der Waals surface area (Å²) in [5.74, 6) is -0.0944. The summed E-state index contributed by atoms with van der Waals surface area (Å²) in [6, 6.07) is 4.88. The van der Waals surface area contributed by atoms with Gasteiger partial charge in [0.1, 0.15) is 0 Å². The molecule has 0 saturated carbocycles. The first-order valence-corrected chi connectivity index (χ1v) is 6.54. The second kappa shape index (κ2) is 4.59. The minimum atomic E-state index is -0.0944. The quantitative estimate of drug-likeness (QED) is 0.612. The van der Waals surface area contributed by atoms with Crippen LogP contribution < -0.4 is 16.8 Å². The number of carbonyl (C=O) groups excluding carboxylic acids is 2. The topological polar surface area (TPSA) is 105 Å². The number of nitrogens with one attached hydrogen (secondary N) is 1. The van der Waals surface area contributed by atoms with E-state index in [2.05, 4.69) is 5.32 Å². The molecule has 3 rings (SSSR count). The molecule has 1 atom stereocenters. The molecule has 0 spiro atoms. The van der Waals surface area contributed by atoms with Crippen molar-refractivity contribution in [2.45, 2.75) is 6.04 Å². The fourth-order valence-corrected chi connectivity index (χ4v) is 2.77. The van der Waals surface area contributed by atoms with Crippen LogP contribution in [0.3, 0.4) is 0 Å².